The van der Waals surface area contributed by atoms with E-state index in [0.29, 0.717) is 12.2 Å². The molecule has 2 unspecified atom stereocenters. The Labute approximate surface area is 95.1 Å². The number of aryl methyl sites for hydroxylation is 1. The van der Waals surface area contributed by atoms with E-state index in [1.54, 1.807) is 19.1 Å². The average molecular weight is 224 g/mol. The van der Waals surface area contributed by atoms with Crippen LogP contribution in [0.2, 0.25) is 0 Å². The highest BCUT2D eigenvalue weighted by atomic mass is 19.1. The Morgan fingerprint density at radius 2 is 2.25 bits per heavy atom. The first-order chi connectivity index (χ1) is 7.68. The molecule has 1 aliphatic rings. The van der Waals surface area contributed by atoms with Gasteiger partial charge in [-0.25, -0.2) is 4.39 Å². The minimum Gasteiger partial charge on any atom is -0.386 e. The van der Waals surface area contributed by atoms with Crippen molar-refractivity contribution in [3.63, 3.8) is 0 Å². The first-order valence-electron chi connectivity index (χ1n) is 5.74. The molecule has 2 rings (SSSR count). The molecule has 2 atom stereocenters. The van der Waals surface area contributed by atoms with E-state index in [0.717, 1.165) is 24.8 Å². The van der Waals surface area contributed by atoms with E-state index in [1.807, 2.05) is 0 Å². The molecule has 1 aromatic rings. The van der Waals surface area contributed by atoms with Crippen molar-refractivity contribution in [2.45, 2.75) is 38.4 Å². The standard InChI is InChI=1S/C13H17FO2/c1-9-8-10(5-6-11(9)14)13(15)12-4-2-3-7-16-12/h5-6,8,12-13,15H,2-4,7H2,1H3. The zero-order valence-electron chi connectivity index (χ0n) is 9.45. The zero-order chi connectivity index (χ0) is 11.5. The van der Waals surface area contributed by atoms with E-state index >= 15 is 0 Å². The summed E-state index contributed by atoms with van der Waals surface area (Å²) in [7, 11) is 0. The quantitative estimate of drug-likeness (QED) is 0.837. The van der Waals surface area contributed by atoms with Crippen LogP contribution in [0.4, 0.5) is 4.39 Å². The second-order valence-electron chi connectivity index (χ2n) is 4.36. The largest absolute Gasteiger partial charge is 0.386 e. The van der Waals surface area contributed by atoms with Crippen LogP contribution < -0.4 is 0 Å². The molecule has 0 amide bonds. The van der Waals surface area contributed by atoms with E-state index in [-0.39, 0.29) is 11.9 Å². The molecule has 1 aliphatic heterocycles. The predicted molar refractivity (Wildman–Crippen MR) is 59.7 cm³/mol. The molecule has 16 heavy (non-hydrogen) atoms. The van der Waals surface area contributed by atoms with E-state index in [2.05, 4.69) is 0 Å². The average Bonchev–Trinajstić information content (AvgIpc) is 2.33. The molecule has 1 N–H and O–H groups in total. The van der Waals surface area contributed by atoms with Crippen molar-refractivity contribution in [3.05, 3.63) is 35.1 Å². The first kappa shape index (κ1) is 11.6. The van der Waals surface area contributed by atoms with Crippen LogP contribution in [0.1, 0.15) is 36.5 Å². The van der Waals surface area contributed by atoms with Crippen LogP contribution in [0.5, 0.6) is 0 Å². The van der Waals surface area contributed by atoms with Crippen molar-refractivity contribution in [2.75, 3.05) is 6.61 Å². The number of benzene rings is 1. The van der Waals surface area contributed by atoms with Gasteiger partial charge in [-0.3, -0.25) is 0 Å². The lowest BCUT2D eigenvalue weighted by molar-refractivity contribution is -0.0633. The normalized spacial score (nSPS) is 23.1. The van der Waals surface area contributed by atoms with Gasteiger partial charge in [0.15, 0.2) is 0 Å². The third-order valence-electron chi connectivity index (χ3n) is 3.09. The van der Waals surface area contributed by atoms with Crippen LogP contribution in [0.15, 0.2) is 18.2 Å². The van der Waals surface area contributed by atoms with Crippen LogP contribution in [0.25, 0.3) is 0 Å². The Kier molecular flexibility index (Phi) is 3.56. The number of ether oxygens (including phenoxy) is 1. The number of halogens is 1. The smallest absolute Gasteiger partial charge is 0.126 e. The summed E-state index contributed by atoms with van der Waals surface area (Å²) in [4.78, 5) is 0. The number of hydrogen-bond donors (Lipinski definition) is 1. The Morgan fingerprint density at radius 1 is 1.44 bits per heavy atom. The second-order valence-corrected chi connectivity index (χ2v) is 4.36. The lowest BCUT2D eigenvalue weighted by Crippen LogP contribution is -2.26. The summed E-state index contributed by atoms with van der Waals surface area (Å²) in [5, 5.41) is 10.1. The molecule has 3 heteroatoms. The third-order valence-corrected chi connectivity index (χ3v) is 3.09. The van der Waals surface area contributed by atoms with Gasteiger partial charge in [0.2, 0.25) is 0 Å². The molecule has 1 saturated heterocycles. The lowest BCUT2D eigenvalue weighted by atomic mass is 9.97. The predicted octanol–water partition coefficient (Wildman–Crippen LogP) is 2.74. The third kappa shape index (κ3) is 2.42. The summed E-state index contributed by atoms with van der Waals surface area (Å²) in [6.07, 6.45) is 2.24. The number of aliphatic hydroxyl groups is 1. The fourth-order valence-corrected chi connectivity index (χ4v) is 2.08. The van der Waals surface area contributed by atoms with Crippen LogP contribution in [0.3, 0.4) is 0 Å². The SMILES string of the molecule is Cc1cc(C(O)C2CCCCO2)ccc1F. The van der Waals surface area contributed by atoms with Crippen LogP contribution in [-0.4, -0.2) is 17.8 Å². The van der Waals surface area contributed by atoms with Gasteiger partial charge in [-0.05, 0) is 43.4 Å². The first-order valence-corrected chi connectivity index (χ1v) is 5.74. The molecule has 0 bridgehead atoms. The maximum Gasteiger partial charge on any atom is 0.126 e. The Balaban J connectivity index is 2.12. The molecular weight excluding hydrogens is 207 g/mol. The van der Waals surface area contributed by atoms with Gasteiger partial charge in [-0.1, -0.05) is 12.1 Å². The summed E-state index contributed by atoms with van der Waals surface area (Å²) in [5.74, 6) is -0.236. The van der Waals surface area contributed by atoms with E-state index in [1.165, 1.54) is 6.07 Å². The number of rotatable bonds is 2. The monoisotopic (exact) mass is 224 g/mol. The minimum absolute atomic E-state index is 0.140. The summed E-state index contributed by atoms with van der Waals surface area (Å²) < 4.78 is 18.6. The summed E-state index contributed by atoms with van der Waals surface area (Å²) >= 11 is 0. The summed E-state index contributed by atoms with van der Waals surface area (Å²) in [6.45, 7) is 2.41. The van der Waals surface area contributed by atoms with E-state index in [4.69, 9.17) is 4.74 Å². The highest BCUT2D eigenvalue weighted by Gasteiger charge is 2.24. The topological polar surface area (TPSA) is 29.5 Å². The fourth-order valence-electron chi connectivity index (χ4n) is 2.08. The van der Waals surface area contributed by atoms with Gasteiger partial charge >= 0.3 is 0 Å². The highest BCUT2D eigenvalue weighted by molar-refractivity contribution is 5.26. The number of aliphatic hydroxyl groups excluding tert-OH is 1. The molecule has 1 fully saturated rings. The Morgan fingerprint density at radius 3 is 2.88 bits per heavy atom. The molecule has 0 aromatic heterocycles. The van der Waals surface area contributed by atoms with E-state index in [9.17, 15) is 9.50 Å². The van der Waals surface area contributed by atoms with Gasteiger partial charge in [0.25, 0.3) is 0 Å². The van der Waals surface area contributed by atoms with Crippen LogP contribution in [0, 0.1) is 12.7 Å². The molecule has 2 nitrogen and oxygen atoms in total. The van der Waals surface area contributed by atoms with Crippen LogP contribution >= 0.6 is 0 Å². The van der Waals surface area contributed by atoms with Gasteiger partial charge in [-0.15, -0.1) is 0 Å². The van der Waals surface area contributed by atoms with Gasteiger partial charge < -0.3 is 9.84 Å². The van der Waals surface area contributed by atoms with Crippen molar-refractivity contribution in [2.24, 2.45) is 0 Å². The van der Waals surface area contributed by atoms with Crippen molar-refractivity contribution >= 4 is 0 Å². The molecule has 0 aliphatic carbocycles. The maximum absolute atomic E-state index is 13.1. The molecule has 0 spiro atoms. The van der Waals surface area contributed by atoms with E-state index < -0.39 is 6.10 Å². The summed E-state index contributed by atoms with van der Waals surface area (Å²) in [6, 6.07) is 4.72. The van der Waals surface area contributed by atoms with Gasteiger partial charge in [0.1, 0.15) is 11.9 Å². The molecule has 0 radical (unpaired) electrons. The summed E-state index contributed by atoms with van der Waals surface area (Å²) in [5.41, 5.74) is 1.30. The second kappa shape index (κ2) is 4.93. The zero-order valence-corrected chi connectivity index (χ0v) is 9.45. The Bertz CT molecular complexity index is 359. The highest BCUT2D eigenvalue weighted by Crippen LogP contribution is 2.27. The number of hydrogen-bond acceptors (Lipinski definition) is 2. The van der Waals surface area contributed by atoms with Crippen molar-refractivity contribution in [1.82, 2.24) is 0 Å². The molecule has 0 saturated carbocycles. The van der Waals surface area contributed by atoms with Crippen molar-refractivity contribution < 1.29 is 14.2 Å². The van der Waals surface area contributed by atoms with Gasteiger partial charge in [0.05, 0.1) is 6.10 Å². The lowest BCUT2D eigenvalue weighted by Gasteiger charge is -2.27. The maximum atomic E-state index is 13.1. The van der Waals surface area contributed by atoms with Gasteiger partial charge in [-0.2, -0.15) is 0 Å². The fraction of sp³-hybridized carbons (Fsp3) is 0.538. The Hall–Kier alpha value is -0.930. The van der Waals surface area contributed by atoms with Crippen LogP contribution in [-0.2, 0) is 4.74 Å². The minimum atomic E-state index is -0.639. The van der Waals surface area contributed by atoms with Crippen molar-refractivity contribution in [3.8, 4) is 0 Å². The van der Waals surface area contributed by atoms with Gasteiger partial charge in [0, 0.05) is 6.61 Å². The molecular formula is C13H17FO2. The molecule has 1 heterocycles. The molecule has 1 aromatic carbocycles. The van der Waals surface area contributed by atoms with Crippen molar-refractivity contribution in [1.29, 1.82) is 0 Å². The molecule has 88 valence electrons.